The highest BCUT2D eigenvalue weighted by Crippen LogP contribution is 2.33. The highest BCUT2D eigenvalue weighted by molar-refractivity contribution is 5.81. The molecule has 1 N–H and O–H groups in total. The van der Waals surface area contributed by atoms with Crippen LogP contribution in [-0.2, 0) is 9.53 Å². The fourth-order valence-electron chi connectivity index (χ4n) is 2.93. The highest BCUT2D eigenvalue weighted by atomic mass is 19.1. The van der Waals surface area contributed by atoms with Gasteiger partial charge < -0.3 is 14.8 Å². The number of hydrogen-bond donors (Lipinski definition) is 1. The summed E-state index contributed by atoms with van der Waals surface area (Å²) < 4.78 is 24.7. The van der Waals surface area contributed by atoms with E-state index in [1.54, 1.807) is 32.2 Å². The number of esters is 1. The van der Waals surface area contributed by atoms with Crippen LogP contribution in [0, 0.1) is 12.7 Å². The molecule has 2 unspecified atom stereocenters. The van der Waals surface area contributed by atoms with Crippen LogP contribution in [0.4, 0.5) is 4.39 Å². The maximum absolute atomic E-state index is 14.0. The summed E-state index contributed by atoms with van der Waals surface area (Å²) >= 11 is 0. The topological polar surface area (TPSA) is 47.6 Å². The van der Waals surface area contributed by atoms with E-state index in [1.165, 1.54) is 7.11 Å². The Hall–Kier alpha value is -1.62. The molecule has 2 atom stereocenters. The lowest BCUT2D eigenvalue weighted by atomic mass is 9.80. The number of carbonyl (C=O) groups excluding carboxylic acids is 1. The van der Waals surface area contributed by atoms with Gasteiger partial charge in [-0.1, -0.05) is 12.1 Å². The Morgan fingerprint density at radius 3 is 2.90 bits per heavy atom. The predicted molar refractivity (Wildman–Crippen MR) is 77.8 cm³/mol. The van der Waals surface area contributed by atoms with Crippen molar-refractivity contribution in [2.75, 3.05) is 14.2 Å². The van der Waals surface area contributed by atoms with Gasteiger partial charge in [-0.2, -0.15) is 0 Å². The van der Waals surface area contributed by atoms with Gasteiger partial charge in [-0.3, -0.25) is 4.79 Å². The van der Waals surface area contributed by atoms with Crippen LogP contribution in [0.25, 0.3) is 0 Å². The summed E-state index contributed by atoms with van der Waals surface area (Å²) in [5.41, 5.74) is -0.186. The van der Waals surface area contributed by atoms with Crippen molar-refractivity contribution in [3.8, 4) is 5.75 Å². The number of benzene rings is 1. The first-order chi connectivity index (χ1) is 10.0. The third-order valence-electron chi connectivity index (χ3n) is 4.21. The Morgan fingerprint density at radius 1 is 1.48 bits per heavy atom. The second kappa shape index (κ2) is 6.43. The number of ether oxygens (including phenoxy) is 2. The quantitative estimate of drug-likeness (QED) is 0.867. The minimum absolute atomic E-state index is 0.207. The van der Waals surface area contributed by atoms with Gasteiger partial charge in [0.25, 0.3) is 0 Å². The molecule has 116 valence electrons. The zero-order chi connectivity index (χ0) is 15.5. The molecule has 1 aliphatic carbocycles. The highest BCUT2D eigenvalue weighted by Gasteiger charge is 2.43. The van der Waals surface area contributed by atoms with Crippen molar-refractivity contribution in [1.82, 2.24) is 5.32 Å². The van der Waals surface area contributed by atoms with Gasteiger partial charge in [0.2, 0.25) is 0 Å². The number of nitrogens with one attached hydrogen (secondary N) is 1. The van der Waals surface area contributed by atoms with Crippen LogP contribution in [0.5, 0.6) is 5.75 Å². The first kappa shape index (κ1) is 15.8. The zero-order valence-electron chi connectivity index (χ0n) is 12.7. The summed E-state index contributed by atoms with van der Waals surface area (Å²) in [7, 11) is 3.12. The van der Waals surface area contributed by atoms with Crippen molar-refractivity contribution in [2.45, 2.75) is 44.2 Å². The van der Waals surface area contributed by atoms with Gasteiger partial charge in [-0.25, -0.2) is 4.39 Å². The van der Waals surface area contributed by atoms with E-state index >= 15 is 0 Å². The maximum atomic E-state index is 14.0. The molecule has 21 heavy (non-hydrogen) atoms. The lowest BCUT2D eigenvalue weighted by molar-refractivity contribution is -0.151. The number of halogens is 1. The largest absolute Gasteiger partial charge is 0.487 e. The molecule has 1 saturated carbocycles. The van der Waals surface area contributed by atoms with Crippen LogP contribution < -0.4 is 10.1 Å². The number of carbonyl (C=O) groups is 1. The van der Waals surface area contributed by atoms with E-state index in [2.05, 4.69) is 5.32 Å². The molecule has 1 fully saturated rings. The Kier molecular flexibility index (Phi) is 4.83. The summed E-state index contributed by atoms with van der Waals surface area (Å²) in [6.45, 7) is 1.70. The van der Waals surface area contributed by atoms with Gasteiger partial charge in [-0.05, 0) is 44.9 Å². The smallest absolute Gasteiger partial charge is 0.326 e. The van der Waals surface area contributed by atoms with Gasteiger partial charge in [0.15, 0.2) is 11.6 Å². The average Bonchev–Trinajstić information content (AvgIpc) is 2.51. The van der Waals surface area contributed by atoms with E-state index < -0.39 is 5.54 Å². The normalized spacial score (nSPS) is 25.4. The monoisotopic (exact) mass is 295 g/mol. The van der Waals surface area contributed by atoms with E-state index in [9.17, 15) is 9.18 Å². The van der Waals surface area contributed by atoms with Crippen LogP contribution in [0.15, 0.2) is 18.2 Å². The summed E-state index contributed by atoms with van der Waals surface area (Å²) in [6.07, 6.45) is 2.60. The van der Waals surface area contributed by atoms with Gasteiger partial charge >= 0.3 is 5.97 Å². The van der Waals surface area contributed by atoms with Crippen molar-refractivity contribution in [3.63, 3.8) is 0 Å². The Balaban J connectivity index is 2.14. The molecule has 0 saturated heterocycles. The molecule has 0 bridgehead atoms. The minimum atomic E-state index is -0.738. The summed E-state index contributed by atoms with van der Waals surface area (Å²) in [4.78, 5) is 12.0. The third-order valence-corrected chi connectivity index (χ3v) is 4.21. The number of methoxy groups -OCH3 is 1. The standard InChI is InChI=1S/C16H22FNO3/c1-11-6-4-8-13(14(11)17)21-12-7-5-9-16(10-12,18-2)15(19)20-3/h4,6,8,12,18H,5,7,9-10H2,1-3H3. The van der Waals surface area contributed by atoms with Crippen LogP contribution in [0.2, 0.25) is 0 Å². The summed E-state index contributed by atoms with van der Waals surface area (Å²) in [5, 5.41) is 3.06. The Morgan fingerprint density at radius 2 is 2.24 bits per heavy atom. The lowest BCUT2D eigenvalue weighted by Crippen LogP contribution is -2.55. The van der Waals surface area contributed by atoms with E-state index in [0.717, 1.165) is 12.8 Å². The first-order valence-corrected chi connectivity index (χ1v) is 7.21. The molecule has 0 amide bonds. The van der Waals surface area contributed by atoms with E-state index in [-0.39, 0.29) is 23.6 Å². The molecule has 1 aliphatic rings. The molecular weight excluding hydrogens is 273 g/mol. The number of rotatable bonds is 4. The first-order valence-electron chi connectivity index (χ1n) is 7.21. The Bertz CT molecular complexity index is 520. The van der Waals surface area contributed by atoms with Crippen molar-refractivity contribution >= 4 is 5.97 Å². The van der Waals surface area contributed by atoms with Gasteiger partial charge in [0.05, 0.1) is 7.11 Å². The van der Waals surface area contributed by atoms with E-state index in [0.29, 0.717) is 18.4 Å². The zero-order valence-corrected chi connectivity index (χ0v) is 12.7. The maximum Gasteiger partial charge on any atom is 0.326 e. The van der Waals surface area contributed by atoms with Crippen molar-refractivity contribution in [2.24, 2.45) is 0 Å². The van der Waals surface area contributed by atoms with E-state index in [1.807, 2.05) is 0 Å². The molecule has 0 spiro atoms. The molecule has 0 radical (unpaired) electrons. The van der Waals surface area contributed by atoms with Crippen LogP contribution in [0.1, 0.15) is 31.2 Å². The average molecular weight is 295 g/mol. The summed E-state index contributed by atoms with van der Waals surface area (Å²) in [6, 6.07) is 5.09. The van der Waals surface area contributed by atoms with Crippen LogP contribution >= 0.6 is 0 Å². The molecule has 2 rings (SSSR count). The second-order valence-corrected chi connectivity index (χ2v) is 5.55. The molecular formula is C16H22FNO3. The van der Waals surface area contributed by atoms with E-state index in [4.69, 9.17) is 9.47 Å². The Labute approximate surface area is 124 Å². The van der Waals surface area contributed by atoms with Crippen LogP contribution in [0.3, 0.4) is 0 Å². The number of aryl methyl sites for hydroxylation is 1. The van der Waals surface area contributed by atoms with Crippen molar-refractivity contribution in [3.05, 3.63) is 29.6 Å². The number of hydrogen-bond acceptors (Lipinski definition) is 4. The summed E-state index contributed by atoms with van der Waals surface area (Å²) in [5.74, 6) is -0.379. The molecule has 4 nitrogen and oxygen atoms in total. The van der Waals surface area contributed by atoms with Crippen molar-refractivity contribution < 1.29 is 18.7 Å². The molecule has 0 aromatic heterocycles. The van der Waals surface area contributed by atoms with Gasteiger partial charge in [0.1, 0.15) is 11.6 Å². The SMILES string of the molecule is CNC1(C(=O)OC)CCCC(Oc2cccc(C)c2F)C1. The van der Waals surface area contributed by atoms with Crippen molar-refractivity contribution in [1.29, 1.82) is 0 Å². The van der Waals surface area contributed by atoms with Gasteiger partial charge in [-0.15, -0.1) is 0 Å². The molecule has 0 heterocycles. The minimum Gasteiger partial charge on any atom is -0.487 e. The fraction of sp³-hybridized carbons (Fsp3) is 0.562. The third kappa shape index (κ3) is 3.18. The molecule has 5 heteroatoms. The van der Waals surface area contributed by atoms with Gasteiger partial charge in [0, 0.05) is 6.42 Å². The van der Waals surface area contributed by atoms with Crippen LogP contribution in [-0.4, -0.2) is 31.8 Å². The second-order valence-electron chi connectivity index (χ2n) is 5.55. The molecule has 0 aliphatic heterocycles. The fourth-order valence-corrected chi connectivity index (χ4v) is 2.93. The molecule has 1 aromatic carbocycles. The number of likely N-dealkylation sites (N-methyl/N-ethyl adjacent to an activating group) is 1. The lowest BCUT2D eigenvalue weighted by Gasteiger charge is -2.38. The predicted octanol–water partition coefficient (Wildman–Crippen LogP) is 2.59. The molecule has 1 aromatic rings.